The van der Waals surface area contributed by atoms with Gasteiger partial charge in [-0.25, -0.2) is 15.0 Å². The first kappa shape index (κ1) is 32.2. The predicted molar refractivity (Wildman–Crippen MR) is 233 cm³/mol. The number of hydrogen-bond donors (Lipinski definition) is 0. The molecule has 0 saturated heterocycles. The van der Waals surface area contributed by atoms with E-state index in [4.69, 9.17) is 19.4 Å². The van der Waals surface area contributed by atoms with Crippen molar-refractivity contribution in [3.8, 4) is 67.5 Å². The minimum absolute atomic E-state index is 0.591. The average Bonchev–Trinajstić information content (AvgIpc) is 3.85. The van der Waals surface area contributed by atoms with Gasteiger partial charge in [0, 0.05) is 47.6 Å². The molecular weight excluding hydrogens is 703 g/mol. The third-order valence-corrected chi connectivity index (χ3v) is 11.7. The van der Waals surface area contributed by atoms with Crippen molar-refractivity contribution in [1.82, 2.24) is 15.0 Å². The molecule has 0 saturated carbocycles. The maximum absolute atomic E-state index is 6.65. The highest BCUT2D eigenvalue weighted by Gasteiger charge is 2.21. The van der Waals surface area contributed by atoms with E-state index >= 15 is 0 Å². The monoisotopic (exact) mass is 733 g/mol. The minimum atomic E-state index is 0.591. The van der Waals surface area contributed by atoms with Crippen LogP contribution >= 0.6 is 11.3 Å². The summed E-state index contributed by atoms with van der Waals surface area (Å²) < 4.78 is 9.14. The van der Waals surface area contributed by atoms with E-state index in [2.05, 4.69) is 140 Å². The van der Waals surface area contributed by atoms with Crippen molar-refractivity contribution < 1.29 is 4.42 Å². The van der Waals surface area contributed by atoms with Crippen LogP contribution in [0.3, 0.4) is 0 Å². The molecule has 11 aromatic rings. The first-order valence-electron chi connectivity index (χ1n) is 18.7. The maximum Gasteiger partial charge on any atom is 0.164 e. The van der Waals surface area contributed by atoms with Gasteiger partial charge in [-0.05, 0) is 69.8 Å². The highest BCUT2D eigenvalue weighted by molar-refractivity contribution is 7.26. The number of para-hydroxylation sites is 1. The summed E-state index contributed by atoms with van der Waals surface area (Å²) in [6, 6.07) is 65.7. The van der Waals surface area contributed by atoms with E-state index in [1.54, 1.807) is 0 Å². The Morgan fingerprint density at radius 1 is 0.321 bits per heavy atom. The van der Waals surface area contributed by atoms with Crippen LogP contribution in [0.4, 0.5) is 0 Å². The number of hydrogen-bond acceptors (Lipinski definition) is 5. The van der Waals surface area contributed by atoms with Crippen LogP contribution in [0.2, 0.25) is 0 Å². The van der Waals surface area contributed by atoms with Gasteiger partial charge in [0.15, 0.2) is 17.5 Å². The molecule has 8 aromatic carbocycles. The predicted octanol–water partition coefficient (Wildman–Crippen LogP) is 14.1. The molecule has 4 nitrogen and oxygen atoms in total. The zero-order valence-electron chi connectivity index (χ0n) is 30.1. The van der Waals surface area contributed by atoms with Crippen molar-refractivity contribution in [2.45, 2.75) is 0 Å². The molecule has 0 spiro atoms. The Kier molecular flexibility index (Phi) is 7.64. The summed E-state index contributed by atoms with van der Waals surface area (Å²) in [7, 11) is 0. The second-order valence-electron chi connectivity index (χ2n) is 14.0. The van der Waals surface area contributed by atoms with Gasteiger partial charge < -0.3 is 4.42 Å². The minimum Gasteiger partial charge on any atom is -0.456 e. The van der Waals surface area contributed by atoms with Crippen molar-refractivity contribution in [3.05, 3.63) is 188 Å². The number of aromatic nitrogens is 3. The van der Waals surface area contributed by atoms with Crippen molar-refractivity contribution in [3.63, 3.8) is 0 Å². The molecular formula is C51H31N3OS. The fourth-order valence-corrected chi connectivity index (χ4v) is 8.96. The van der Waals surface area contributed by atoms with Crippen LogP contribution in [0.1, 0.15) is 0 Å². The summed E-state index contributed by atoms with van der Waals surface area (Å²) in [6.45, 7) is 0. The third-order valence-electron chi connectivity index (χ3n) is 10.6. The molecule has 0 atom stereocenters. The van der Waals surface area contributed by atoms with Crippen LogP contribution in [0, 0.1) is 0 Å². The molecule has 5 heteroatoms. The molecule has 0 radical (unpaired) electrons. The smallest absolute Gasteiger partial charge is 0.164 e. The number of rotatable bonds is 6. The third kappa shape index (κ3) is 5.56. The van der Waals surface area contributed by atoms with E-state index < -0.39 is 0 Å². The largest absolute Gasteiger partial charge is 0.456 e. The highest BCUT2D eigenvalue weighted by Crippen LogP contribution is 2.45. The van der Waals surface area contributed by atoms with Crippen LogP contribution < -0.4 is 0 Å². The van der Waals surface area contributed by atoms with Gasteiger partial charge in [-0.3, -0.25) is 0 Å². The van der Waals surface area contributed by atoms with Gasteiger partial charge in [-0.1, -0.05) is 152 Å². The van der Waals surface area contributed by atoms with E-state index in [0.29, 0.717) is 17.5 Å². The van der Waals surface area contributed by atoms with Gasteiger partial charge in [-0.15, -0.1) is 11.3 Å². The summed E-state index contributed by atoms with van der Waals surface area (Å²) >= 11 is 1.82. The second-order valence-corrected chi connectivity index (χ2v) is 15.1. The van der Waals surface area contributed by atoms with E-state index in [9.17, 15) is 0 Å². The van der Waals surface area contributed by atoms with Crippen molar-refractivity contribution >= 4 is 53.4 Å². The summed E-state index contributed by atoms with van der Waals surface area (Å²) in [6.07, 6.45) is 0. The molecule has 0 fully saturated rings. The molecule has 0 aliphatic heterocycles. The van der Waals surface area contributed by atoms with Gasteiger partial charge in [0.2, 0.25) is 0 Å². The van der Waals surface area contributed by atoms with Gasteiger partial charge >= 0.3 is 0 Å². The Balaban J connectivity index is 1.15. The van der Waals surface area contributed by atoms with E-state index in [-0.39, 0.29) is 0 Å². The number of furan rings is 1. The zero-order chi connectivity index (χ0) is 37.0. The summed E-state index contributed by atoms with van der Waals surface area (Å²) in [5, 5.41) is 4.47. The van der Waals surface area contributed by atoms with Gasteiger partial charge in [0.25, 0.3) is 0 Å². The van der Waals surface area contributed by atoms with Crippen LogP contribution in [-0.4, -0.2) is 15.0 Å². The molecule has 0 amide bonds. The van der Waals surface area contributed by atoms with Gasteiger partial charge in [0.1, 0.15) is 11.2 Å². The van der Waals surface area contributed by atoms with Gasteiger partial charge in [0.05, 0.1) is 0 Å². The van der Waals surface area contributed by atoms with E-state index in [0.717, 1.165) is 60.9 Å². The quantitative estimate of drug-likeness (QED) is 0.171. The van der Waals surface area contributed by atoms with Crippen molar-refractivity contribution in [2.75, 3.05) is 0 Å². The first-order valence-corrected chi connectivity index (χ1v) is 19.5. The zero-order valence-corrected chi connectivity index (χ0v) is 30.9. The summed E-state index contributed by atoms with van der Waals surface area (Å²) in [5.41, 5.74) is 11.2. The Morgan fingerprint density at radius 2 is 0.893 bits per heavy atom. The fraction of sp³-hybridized carbons (Fsp3) is 0. The van der Waals surface area contributed by atoms with Crippen LogP contribution in [0.15, 0.2) is 192 Å². The molecule has 0 unspecified atom stereocenters. The normalized spacial score (nSPS) is 11.6. The Labute approximate surface area is 327 Å². The lowest BCUT2D eigenvalue weighted by Gasteiger charge is -2.12. The van der Waals surface area contributed by atoms with Crippen LogP contribution in [0.5, 0.6) is 0 Å². The molecule has 11 rings (SSSR count). The SMILES string of the molecule is c1ccc(-c2ccc(-c3nc(-c4ccccc4)nc(-c4cc(-c5cccc6sc7ccc(-c8ccccc8)cc7c56)cc5oc6ccccc6c45)n3)cc2)cc1. The Morgan fingerprint density at radius 3 is 1.62 bits per heavy atom. The van der Waals surface area contributed by atoms with E-state index in [1.807, 2.05) is 59.9 Å². The molecule has 262 valence electrons. The first-order chi connectivity index (χ1) is 27.7. The standard InChI is InChI=1S/C51H31N3OS/c1-4-13-32(14-5-1)34-23-25-36(26-24-34)50-52-49(35-17-8-3-9-18-35)53-51(54-50)42-30-38(31-44-47(42)40-19-10-11-21-43(40)55-44)39-20-12-22-46-48(39)41-29-37(27-28-45(41)56-46)33-15-6-2-7-16-33/h1-31H. The van der Waals surface area contributed by atoms with Crippen molar-refractivity contribution in [2.24, 2.45) is 0 Å². The Hall–Kier alpha value is -7.21. The summed E-state index contributed by atoms with van der Waals surface area (Å²) in [5.74, 6) is 1.82. The van der Waals surface area contributed by atoms with Crippen LogP contribution in [-0.2, 0) is 0 Å². The number of fused-ring (bicyclic) bond motifs is 6. The molecule has 0 N–H and O–H groups in total. The topological polar surface area (TPSA) is 51.8 Å². The average molecular weight is 734 g/mol. The van der Waals surface area contributed by atoms with Crippen molar-refractivity contribution in [1.29, 1.82) is 0 Å². The molecule has 3 heterocycles. The number of benzene rings is 8. The van der Waals surface area contributed by atoms with Gasteiger partial charge in [-0.2, -0.15) is 0 Å². The Bertz CT molecular complexity index is 3230. The van der Waals surface area contributed by atoms with Crippen LogP contribution in [0.25, 0.3) is 110 Å². The van der Waals surface area contributed by atoms with E-state index in [1.165, 1.54) is 31.3 Å². The summed E-state index contributed by atoms with van der Waals surface area (Å²) in [4.78, 5) is 15.5. The lowest BCUT2D eigenvalue weighted by molar-refractivity contribution is 0.669. The molecule has 3 aromatic heterocycles. The number of nitrogens with zero attached hydrogens (tertiary/aromatic N) is 3. The fourth-order valence-electron chi connectivity index (χ4n) is 7.85. The lowest BCUT2D eigenvalue weighted by atomic mass is 9.94. The lowest BCUT2D eigenvalue weighted by Crippen LogP contribution is -2.00. The number of thiophene rings is 1. The molecule has 0 bridgehead atoms. The molecule has 0 aliphatic carbocycles. The second kappa shape index (κ2) is 13.3. The highest BCUT2D eigenvalue weighted by atomic mass is 32.1. The molecule has 0 aliphatic rings. The maximum atomic E-state index is 6.65. The molecule has 56 heavy (non-hydrogen) atoms.